The van der Waals surface area contributed by atoms with Gasteiger partial charge >= 0.3 is 0 Å². The zero-order chi connectivity index (χ0) is 14.7. The first-order valence-corrected chi connectivity index (χ1v) is 7.50. The van der Waals surface area contributed by atoms with Crippen LogP contribution in [0.15, 0.2) is 41.3 Å². The standard InChI is InChI=1S/C14H11Cl2F2NS/c15-11-4-2-9(6-12(11)16)20-7-14(19)10-3-1-8(17)5-13(10)18/h1-6,14H,7,19H2. The predicted octanol–water partition coefficient (Wildman–Crippen LogP) is 5.06. The highest BCUT2D eigenvalue weighted by Gasteiger charge is 2.13. The number of rotatable bonds is 4. The van der Waals surface area contributed by atoms with Crippen LogP contribution in [0, 0.1) is 11.6 Å². The molecule has 0 radical (unpaired) electrons. The molecule has 106 valence electrons. The minimum Gasteiger partial charge on any atom is -0.323 e. The number of thioether (sulfide) groups is 1. The molecule has 1 nitrogen and oxygen atoms in total. The largest absolute Gasteiger partial charge is 0.323 e. The van der Waals surface area contributed by atoms with Crippen LogP contribution in [0.5, 0.6) is 0 Å². The first kappa shape index (κ1) is 15.6. The van der Waals surface area contributed by atoms with Gasteiger partial charge in [0.25, 0.3) is 0 Å². The highest BCUT2D eigenvalue weighted by molar-refractivity contribution is 7.99. The molecule has 0 fully saturated rings. The van der Waals surface area contributed by atoms with E-state index in [0.29, 0.717) is 21.4 Å². The molecule has 20 heavy (non-hydrogen) atoms. The topological polar surface area (TPSA) is 26.0 Å². The average molecular weight is 334 g/mol. The third-order valence-electron chi connectivity index (χ3n) is 2.68. The quantitative estimate of drug-likeness (QED) is 0.791. The summed E-state index contributed by atoms with van der Waals surface area (Å²) in [5.74, 6) is -0.802. The van der Waals surface area contributed by atoms with Crippen molar-refractivity contribution >= 4 is 35.0 Å². The van der Waals surface area contributed by atoms with Crippen molar-refractivity contribution in [2.45, 2.75) is 10.9 Å². The van der Waals surface area contributed by atoms with E-state index in [9.17, 15) is 8.78 Å². The lowest BCUT2D eigenvalue weighted by atomic mass is 10.1. The lowest BCUT2D eigenvalue weighted by Gasteiger charge is -2.13. The molecular weight excluding hydrogens is 323 g/mol. The third-order valence-corrected chi connectivity index (χ3v) is 4.53. The van der Waals surface area contributed by atoms with Crippen LogP contribution < -0.4 is 5.73 Å². The van der Waals surface area contributed by atoms with E-state index < -0.39 is 17.7 Å². The second-order valence-electron chi connectivity index (χ2n) is 4.16. The van der Waals surface area contributed by atoms with E-state index in [4.69, 9.17) is 28.9 Å². The Labute approximate surface area is 130 Å². The van der Waals surface area contributed by atoms with Crippen molar-refractivity contribution in [3.8, 4) is 0 Å². The highest BCUT2D eigenvalue weighted by atomic mass is 35.5. The molecule has 0 spiro atoms. The molecular formula is C14H11Cl2F2NS. The van der Waals surface area contributed by atoms with Crippen molar-refractivity contribution < 1.29 is 8.78 Å². The molecule has 2 N–H and O–H groups in total. The molecule has 0 aliphatic rings. The van der Waals surface area contributed by atoms with Crippen LogP contribution in [0.1, 0.15) is 11.6 Å². The summed E-state index contributed by atoms with van der Waals surface area (Å²) in [7, 11) is 0. The normalized spacial score (nSPS) is 12.4. The van der Waals surface area contributed by atoms with E-state index in [1.165, 1.54) is 23.9 Å². The summed E-state index contributed by atoms with van der Waals surface area (Å²) in [5, 5.41) is 0.933. The summed E-state index contributed by atoms with van der Waals surface area (Å²) in [6.45, 7) is 0. The van der Waals surface area contributed by atoms with E-state index in [1.807, 2.05) is 6.07 Å². The molecule has 0 aromatic heterocycles. The molecule has 2 rings (SSSR count). The van der Waals surface area contributed by atoms with E-state index in [1.54, 1.807) is 12.1 Å². The SMILES string of the molecule is NC(CSc1ccc(Cl)c(Cl)c1)c1ccc(F)cc1F. The van der Waals surface area contributed by atoms with Crippen LogP contribution in [0.4, 0.5) is 8.78 Å². The first-order valence-electron chi connectivity index (χ1n) is 5.76. The number of benzene rings is 2. The summed E-state index contributed by atoms with van der Waals surface area (Å²) in [4.78, 5) is 0.886. The Morgan fingerprint density at radius 1 is 1.05 bits per heavy atom. The minimum absolute atomic E-state index is 0.291. The van der Waals surface area contributed by atoms with Gasteiger partial charge in [-0.05, 0) is 24.3 Å². The maximum absolute atomic E-state index is 13.6. The summed E-state index contributed by atoms with van der Waals surface area (Å²) < 4.78 is 26.4. The van der Waals surface area contributed by atoms with Crippen molar-refractivity contribution in [3.63, 3.8) is 0 Å². The van der Waals surface area contributed by atoms with Crippen LogP contribution in [0.2, 0.25) is 10.0 Å². The van der Waals surface area contributed by atoms with Crippen LogP contribution in [-0.4, -0.2) is 5.75 Å². The molecule has 0 amide bonds. The van der Waals surface area contributed by atoms with E-state index in [0.717, 1.165) is 11.0 Å². The fourth-order valence-corrected chi connectivity index (χ4v) is 2.92. The summed E-state index contributed by atoms with van der Waals surface area (Å²) in [5.41, 5.74) is 6.21. The second-order valence-corrected chi connectivity index (χ2v) is 6.07. The van der Waals surface area contributed by atoms with Gasteiger partial charge in [-0.1, -0.05) is 29.3 Å². The van der Waals surface area contributed by atoms with Crippen molar-refractivity contribution in [1.29, 1.82) is 0 Å². The smallest absolute Gasteiger partial charge is 0.130 e. The van der Waals surface area contributed by atoms with Crippen LogP contribution in [-0.2, 0) is 0 Å². The number of hydrogen-bond acceptors (Lipinski definition) is 2. The van der Waals surface area contributed by atoms with Crippen molar-refractivity contribution in [2.75, 3.05) is 5.75 Å². The van der Waals surface area contributed by atoms with Crippen LogP contribution in [0.3, 0.4) is 0 Å². The maximum Gasteiger partial charge on any atom is 0.130 e. The van der Waals surface area contributed by atoms with Crippen LogP contribution >= 0.6 is 35.0 Å². The van der Waals surface area contributed by atoms with Crippen LogP contribution in [0.25, 0.3) is 0 Å². The van der Waals surface area contributed by atoms with E-state index in [-0.39, 0.29) is 0 Å². The Hall–Kier alpha value is -0.810. The Morgan fingerprint density at radius 2 is 1.80 bits per heavy atom. The Bertz CT molecular complexity index is 622. The predicted molar refractivity (Wildman–Crippen MR) is 80.5 cm³/mol. The van der Waals surface area contributed by atoms with Gasteiger partial charge in [-0.3, -0.25) is 0 Å². The Morgan fingerprint density at radius 3 is 2.45 bits per heavy atom. The molecule has 0 aliphatic heterocycles. The maximum atomic E-state index is 13.6. The molecule has 0 bridgehead atoms. The zero-order valence-corrected chi connectivity index (χ0v) is 12.6. The van der Waals surface area contributed by atoms with Gasteiger partial charge in [-0.2, -0.15) is 0 Å². The first-order chi connectivity index (χ1) is 9.47. The number of nitrogens with two attached hydrogens (primary N) is 1. The van der Waals surface area contributed by atoms with Gasteiger partial charge in [0.2, 0.25) is 0 Å². The zero-order valence-electron chi connectivity index (χ0n) is 10.2. The molecule has 6 heteroatoms. The molecule has 2 aromatic rings. The summed E-state index contributed by atoms with van der Waals surface area (Å²) in [6.07, 6.45) is 0. The van der Waals surface area contributed by atoms with Gasteiger partial charge in [0.05, 0.1) is 10.0 Å². The van der Waals surface area contributed by atoms with Crippen molar-refractivity contribution in [2.24, 2.45) is 5.73 Å². The monoisotopic (exact) mass is 333 g/mol. The van der Waals surface area contributed by atoms with E-state index in [2.05, 4.69) is 0 Å². The number of hydrogen-bond donors (Lipinski definition) is 1. The van der Waals surface area contributed by atoms with Gasteiger partial charge < -0.3 is 5.73 Å². The Balaban J connectivity index is 2.04. The van der Waals surface area contributed by atoms with Gasteiger partial charge in [0, 0.05) is 28.3 Å². The second kappa shape index (κ2) is 6.76. The Kier molecular flexibility index (Phi) is 5.27. The van der Waals surface area contributed by atoms with Crippen molar-refractivity contribution in [1.82, 2.24) is 0 Å². The molecule has 1 unspecified atom stereocenters. The molecule has 0 saturated carbocycles. The van der Waals surface area contributed by atoms with Crippen molar-refractivity contribution in [3.05, 3.63) is 63.6 Å². The lowest BCUT2D eigenvalue weighted by molar-refractivity contribution is 0.563. The van der Waals surface area contributed by atoms with Gasteiger partial charge in [-0.25, -0.2) is 8.78 Å². The molecule has 0 aliphatic carbocycles. The third kappa shape index (κ3) is 3.85. The lowest BCUT2D eigenvalue weighted by Crippen LogP contribution is -2.14. The average Bonchev–Trinajstić information content (AvgIpc) is 2.40. The van der Waals surface area contributed by atoms with Gasteiger partial charge in [0.15, 0.2) is 0 Å². The minimum atomic E-state index is -0.632. The molecule has 2 aromatic carbocycles. The summed E-state index contributed by atoms with van der Waals surface area (Å²) in [6, 6.07) is 8.09. The van der Waals surface area contributed by atoms with Gasteiger partial charge in [0.1, 0.15) is 11.6 Å². The van der Waals surface area contributed by atoms with E-state index >= 15 is 0 Å². The van der Waals surface area contributed by atoms with Gasteiger partial charge in [-0.15, -0.1) is 11.8 Å². The molecule has 0 heterocycles. The molecule has 1 atom stereocenters. The number of halogens is 4. The highest BCUT2D eigenvalue weighted by Crippen LogP contribution is 2.30. The summed E-state index contributed by atoms with van der Waals surface area (Å²) >= 11 is 13.2. The molecule has 0 saturated heterocycles. The fourth-order valence-electron chi connectivity index (χ4n) is 1.64. The fraction of sp³-hybridized carbons (Fsp3) is 0.143.